The van der Waals surface area contributed by atoms with E-state index in [2.05, 4.69) is 29.1 Å². The Morgan fingerprint density at radius 3 is 2.60 bits per heavy atom. The zero-order valence-corrected chi connectivity index (χ0v) is 12.5. The van der Waals surface area contributed by atoms with Crippen molar-refractivity contribution in [1.29, 1.82) is 0 Å². The summed E-state index contributed by atoms with van der Waals surface area (Å²) in [6, 6.07) is 8.00. The van der Waals surface area contributed by atoms with Gasteiger partial charge in [-0.2, -0.15) is 0 Å². The third-order valence-electron chi connectivity index (χ3n) is 3.14. The summed E-state index contributed by atoms with van der Waals surface area (Å²) in [5.41, 5.74) is 3.06. The van der Waals surface area contributed by atoms with Gasteiger partial charge >= 0.3 is 0 Å². The van der Waals surface area contributed by atoms with Crippen LogP contribution in [0.4, 0.5) is 5.82 Å². The number of nitrogens with zero attached hydrogens (tertiary/aromatic N) is 2. The van der Waals surface area contributed by atoms with Gasteiger partial charge in [-0.3, -0.25) is 0 Å². The zero-order valence-electron chi connectivity index (χ0n) is 12.5. The summed E-state index contributed by atoms with van der Waals surface area (Å²) in [7, 11) is 1.88. The van der Waals surface area contributed by atoms with Crippen LogP contribution in [-0.4, -0.2) is 23.6 Å². The second-order valence-corrected chi connectivity index (χ2v) is 4.82. The number of anilines is 1. The Labute approximate surface area is 120 Å². The highest BCUT2D eigenvalue weighted by Crippen LogP contribution is 2.36. The van der Waals surface area contributed by atoms with Gasteiger partial charge in [0.1, 0.15) is 17.9 Å². The molecule has 0 radical (unpaired) electrons. The fourth-order valence-corrected chi connectivity index (χ4v) is 2.30. The van der Waals surface area contributed by atoms with Crippen molar-refractivity contribution in [3.05, 3.63) is 36.2 Å². The van der Waals surface area contributed by atoms with E-state index in [0.29, 0.717) is 12.5 Å². The van der Waals surface area contributed by atoms with Crippen LogP contribution in [0.3, 0.4) is 0 Å². The van der Waals surface area contributed by atoms with E-state index in [-0.39, 0.29) is 0 Å². The molecule has 0 unspecified atom stereocenters. The maximum Gasteiger partial charge on any atom is 0.133 e. The first-order valence-electron chi connectivity index (χ1n) is 6.93. The summed E-state index contributed by atoms with van der Waals surface area (Å²) >= 11 is 0. The lowest BCUT2D eigenvalue weighted by atomic mass is 9.97. The number of rotatable bonds is 5. The molecule has 2 rings (SSSR count). The number of ether oxygens (including phenoxy) is 1. The van der Waals surface area contributed by atoms with Crippen molar-refractivity contribution < 1.29 is 4.74 Å². The molecule has 0 spiro atoms. The maximum atomic E-state index is 5.72. The first-order chi connectivity index (χ1) is 9.69. The second kappa shape index (κ2) is 6.37. The Balaban J connectivity index is 2.63. The number of para-hydroxylation sites is 1. The van der Waals surface area contributed by atoms with Gasteiger partial charge in [0.15, 0.2) is 0 Å². The molecule has 2 aromatic rings. The number of aromatic nitrogens is 2. The van der Waals surface area contributed by atoms with Gasteiger partial charge in [-0.25, -0.2) is 9.97 Å². The number of nitrogens with one attached hydrogen (secondary N) is 1. The van der Waals surface area contributed by atoms with Gasteiger partial charge in [0.25, 0.3) is 0 Å². The van der Waals surface area contributed by atoms with Crippen molar-refractivity contribution in [2.24, 2.45) is 0 Å². The highest BCUT2D eigenvalue weighted by molar-refractivity contribution is 5.74. The molecule has 0 aliphatic rings. The minimum Gasteiger partial charge on any atom is -0.493 e. The van der Waals surface area contributed by atoms with Crippen LogP contribution < -0.4 is 10.1 Å². The smallest absolute Gasteiger partial charge is 0.133 e. The van der Waals surface area contributed by atoms with Crippen LogP contribution in [-0.2, 0) is 0 Å². The van der Waals surface area contributed by atoms with Gasteiger partial charge in [0.2, 0.25) is 0 Å². The summed E-state index contributed by atoms with van der Waals surface area (Å²) in [6.07, 6.45) is 1.59. The highest BCUT2D eigenvalue weighted by Gasteiger charge is 2.18. The minimum absolute atomic E-state index is 0.323. The first-order valence-corrected chi connectivity index (χ1v) is 6.93. The first kappa shape index (κ1) is 14.3. The molecule has 0 aliphatic carbocycles. The molecule has 0 aliphatic heterocycles. The molecule has 4 heteroatoms. The van der Waals surface area contributed by atoms with E-state index in [9.17, 15) is 0 Å². The van der Waals surface area contributed by atoms with E-state index in [4.69, 9.17) is 4.74 Å². The van der Waals surface area contributed by atoms with Crippen molar-refractivity contribution in [2.75, 3.05) is 19.0 Å². The lowest BCUT2D eigenvalue weighted by Crippen LogP contribution is -2.05. The Morgan fingerprint density at radius 1 is 1.20 bits per heavy atom. The molecule has 0 saturated heterocycles. The number of hydrogen-bond acceptors (Lipinski definition) is 4. The number of benzene rings is 1. The van der Waals surface area contributed by atoms with Crippen molar-refractivity contribution in [2.45, 2.75) is 26.7 Å². The summed E-state index contributed by atoms with van der Waals surface area (Å²) in [5.74, 6) is 2.05. The van der Waals surface area contributed by atoms with Crippen LogP contribution in [0, 0.1) is 0 Å². The Hall–Kier alpha value is -2.10. The average Bonchev–Trinajstić information content (AvgIpc) is 2.47. The topological polar surface area (TPSA) is 47.0 Å². The lowest BCUT2D eigenvalue weighted by molar-refractivity contribution is 0.341. The third kappa shape index (κ3) is 2.74. The molecule has 1 N–H and O–H groups in total. The van der Waals surface area contributed by atoms with Crippen LogP contribution >= 0.6 is 0 Å². The average molecular weight is 271 g/mol. The van der Waals surface area contributed by atoms with Crippen molar-refractivity contribution >= 4 is 5.82 Å². The molecular formula is C16H21N3O. The van der Waals surface area contributed by atoms with Crippen LogP contribution in [0.1, 0.15) is 32.3 Å². The SMILES string of the molecule is CCOc1ccccc1-c1ncnc(NC)c1C(C)C. The summed E-state index contributed by atoms with van der Waals surface area (Å²) in [6.45, 7) is 6.91. The van der Waals surface area contributed by atoms with Crippen LogP contribution in [0.2, 0.25) is 0 Å². The molecular weight excluding hydrogens is 250 g/mol. The van der Waals surface area contributed by atoms with Gasteiger partial charge in [0, 0.05) is 18.2 Å². The van der Waals surface area contributed by atoms with Gasteiger partial charge in [0.05, 0.1) is 12.3 Å². The molecule has 1 heterocycles. The van der Waals surface area contributed by atoms with E-state index in [1.54, 1.807) is 6.33 Å². The standard InChI is InChI=1S/C16H21N3O/c1-5-20-13-9-7-6-8-12(13)15-14(11(2)3)16(17-4)19-10-18-15/h6-11H,5H2,1-4H3,(H,17,18,19). The monoisotopic (exact) mass is 271 g/mol. The van der Waals surface area contributed by atoms with Crippen molar-refractivity contribution in [1.82, 2.24) is 9.97 Å². The van der Waals surface area contributed by atoms with E-state index < -0.39 is 0 Å². The predicted molar refractivity (Wildman–Crippen MR) is 82.3 cm³/mol. The Morgan fingerprint density at radius 2 is 1.95 bits per heavy atom. The second-order valence-electron chi connectivity index (χ2n) is 4.82. The molecule has 0 saturated carbocycles. The van der Waals surface area contributed by atoms with Crippen molar-refractivity contribution in [3.8, 4) is 17.0 Å². The summed E-state index contributed by atoms with van der Waals surface area (Å²) in [4.78, 5) is 8.81. The fourth-order valence-electron chi connectivity index (χ4n) is 2.30. The molecule has 1 aromatic carbocycles. The maximum absolute atomic E-state index is 5.72. The molecule has 106 valence electrons. The molecule has 0 atom stereocenters. The van der Waals surface area contributed by atoms with Crippen LogP contribution in [0.5, 0.6) is 5.75 Å². The Bertz CT molecular complexity index is 582. The van der Waals surface area contributed by atoms with E-state index >= 15 is 0 Å². The van der Waals surface area contributed by atoms with E-state index in [1.807, 2.05) is 38.2 Å². The van der Waals surface area contributed by atoms with E-state index in [0.717, 1.165) is 28.4 Å². The van der Waals surface area contributed by atoms with Gasteiger partial charge in [-0.1, -0.05) is 26.0 Å². The quantitative estimate of drug-likeness (QED) is 0.900. The normalized spacial score (nSPS) is 10.7. The minimum atomic E-state index is 0.323. The Kier molecular flexibility index (Phi) is 4.56. The van der Waals surface area contributed by atoms with Gasteiger partial charge in [-0.15, -0.1) is 0 Å². The molecule has 0 amide bonds. The molecule has 0 fully saturated rings. The zero-order chi connectivity index (χ0) is 14.5. The largest absolute Gasteiger partial charge is 0.493 e. The molecule has 0 bridgehead atoms. The molecule has 1 aromatic heterocycles. The lowest BCUT2D eigenvalue weighted by Gasteiger charge is -2.17. The van der Waals surface area contributed by atoms with Gasteiger partial charge in [-0.05, 0) is 25.0 Å². The van der Waals surface area contributed by atoms with Crippen LogP contribution in [0.25, 0.3) is 11.3 Å². The molecule has 20 heavy (non-hydrogen) atoms. The van der Waals surface area contributed by atoms with Crippen molar-refractivity contribution in [3.63, 3.8) is 0 Å². The van der Waals surface area contributed by atoms with Gasteiger partial charge < -0.3 is 10.1 Å². The van der Waals surface area contributed by atoms with E-state index in [1.165, 1.54) is 0 Å². The summed E-state index contributed by atoms with van der Waals surface area (Å²) in [5, 5.41) is 3.15. The predicted octanol–water partition coefficient (Wildman–Crippen LogP) is 3.71. The fraction of sp³-hybridized carbons (Fsp3) is 0.375. The van der Waals surface area contributed by atoms with Crippen LogP contribution in [0.15, 0.2) is 30.6 Å². The molecule has 4 nitrogen and oxygen atoms in total. The third-order valence-corrected chi connectivity index (χ3v) is 3.14. The highest BCUT2D eigenvalue weighted by atomic mass is 16.5. The number of hydrogen-bond donors (Lipinski definition) is 1. The summed E-state index contributed by atoms with van der Waals surface area (Å²) < 4.78 is 5.72.